The van der Waals surface area contributed by atoms with E-state index >= 15 is 0 Å². The second-order valence-electron chi connectivity index (χ2n) is 5.08. The van der Waals surface area contributed by atoms with E-state index in [1.807, 2.05) is 20.8 Å². The fourth-order valence-corrected chi connectivity index (χ4v) is 1.94. The number of nitrogens with one attached hydrogen (secondary N) is 1. The molecule has 1 aliphatic heterocycles. The first-order chi connectivity index (χ1) is 9.47. The van der Waals surface area contributed by atoms with Crippen LogP contribution in [0.5, 0.6) is 0 Å². The van der Waals surface area contributed by atoms with E-state index in [1.165, 1.54) is 4.90 Å². The maximum absolute atomic E-state index is 12.2. The monoisotopic (exact) mass is 288 g/mol. The molecule has 0 spiro atoms. The normalized spacial score (nSPS) is 20.8. The lowest BCUT2D eigenvalue weighted by Gasteiger charge is -2.34. The summed E-state index contributed by atoms with van der Waals surface area (Å²) in [5.41, 5.74) is 0. The van der Waals surface area contributed by atoms with Crippen molar-refractivity contribution >= 4 is 12.0 Å². The van der Waals surface area contributed by atoms with Gasteiger partial charge in [-0.15, -0.1) is 0 Å². The first kappa shape index (κ1) is 16.7. The molecule has 0 aliphatic carbocycles. The van der Waals surface area contributed by atoms with Crippen molar-refractivity contribution in [2.45, 2.75) is 32.9 Å². The molecule has 1 rings (SSSR count). The molecule has 2 amide bonds. The molecule has 2 N–H and O–H groups in total. The average Bonchev–Trinajstić information content (AvgIpc) is 2.42. The van der Waals surface area contributed by atoms with Crippen molar-refractivity contribution in [3.63, 3.8) is 0 Å². The van der Waals surface area contributed by atoms with Crippen LogP contribution in [0, 0.1) is 5.92 Å². The van der Waals surface area contributed by atoms with Gasteiger partial charge in [-0.05, 0) is 12.8 Å². The standard InChI is InChI=1S/C13H24N2O5/c1-4-19-7-10(9(2)3)14-13(18)15-5-6-20-8-11(15)12(16)17/h9-11H,4-8H2,1-3H3,(H,14,18)(H,16,17). The lowest BCUT2D eigenvalue weighted by atomic mass is 10.1. The molecular weight excluding hydrogens is 264 g/mol. The van der Waals surface area contributed by atoms with Crippen molar-refractivity contribution < 1.29 is 24.2 Å². The summed E-state index contributed by atoms with van der Waals surface area (Å²) in [4.78, 5) is 24.7. The van der Waals surface area contributed by atoms with Gasteiger partial charge in [-0.2, -0.15) is 0 Å². The second-order valence-corrected chi connectivity index (χ2v) is 5.08. The highest BCUT2D eigenvalue weighted by atomic mass is 16.5. The predicted octanol–water partition coefficient (Wildman–Crippen LogP) is 0.543. The molecule has 2 unspecified atom stereocenters. The van der Waals surface area contributed by atoms with Crippen molar-refractivity contribution in [2.24, 2.45) is 5.92 Å². The molecule has 7 heteroatoms. The Labute approximate surface area is 119 Å². The zero-order valence-electron chi connectivity index (χ0n) is 12.3. The number of aliphatic carboxylic acids is 1. The van der Waals surface area contributed by atoms with Crippen LogP contribution in [0.2, 0.25) is 0 Å². The minimum atomic E-state index is -1.05. The van der Waals surface area contributed by atoms with Gasteiger partial charge in [0.05, 0.1) is 25.9 Å². The van der Waals surface area contributed by atoms with E-state index in [0.717, 1.165) is 0 Å². The minimum absolute atomic E-state index is 0.0283. The Morgan fingerprint density at radius 1 is 1.50 bits per heavy atom. The zero-order valence-corrected chi connectivity index (χ0v) is 12.3. The number of morpholine rings is 1. The van der Waals surface area contributed by atoms with Crippen LogP contribution in [-0.2, 0) is 14.3 Å². The maximum Gasteiger partial charge on any atom is 0.328 e. The molecule has 0 aromatic heterocycles. The van der Waals surface area contributed by atoms with Gasteiger partial charge in [-0.25, -0.2) is 9.59 Å². The number of nitrogens with zero attached hydrogens (tertiary/aromatic N) is 1. The highest BCUT2D eigenvalue weighted by molar-refractivity contribution is 5.83. The van der Waals surface area contributed by atoms with E-state index in [-0.39, 0.29) is 31.1 Å². The van der Waals surface area contributed by atoms with Crippen molar-refractivity contribution in [3.8, 4) is 0 Å². The number of carbonyl (C=O) groups excluding carboxylic acids is 1. The van der Waals surface area contributed by atoms with Crippen LogP contribution in [0.3, 0.4) is 0 Å². The number of carbonyl (C=O) groups is 2. The highest BCUT2D eigenvalue weighted by Crippen LogP contribution is 2.10. The fourth-order valence-electron chi connectivity index (χ4n) is 1.94. The topological polar surface area (TPSA) is 88.1 Å². The summed E-state index contributed by atoms with van der Waals surface area (Å²) in [6.07, 6.45) is 0. The van der Waals surface area contributed by atoms with Gasteiger partial charge in [0.1, 0.15) is 0 Å². The largest absolute Gasteiger partial charge is 0.480 e. The summed E-state index contributed by atoms with van der Waals surface area (Å²) in [6, 6.07) is -1.44. The van der Waals surface area contributed by atoms with E-state index in [9.17, 15) is 9.59 Å². The summed E-state index contributed by atoms with van der Waals surface area (Å²) >= 11 is 0. The smallest absolute Gasteiger partial charge is 0.328 e. The number of hydrogen-bond donors (Lipinski definition) is 2. The van der Waals surface area contributed by atoms with Gasteiger partial charge in [0.2, 0.25) is 0 Å². The number of ether oxygens (including phenoxy) is 2. The van der Waals surface area contributed by atoms with Crippen LogP contribution in [-0.4, -0.2) is 67.1 Å². The van der Waals surface area contributed by atoms with Gasteiger partial charge in [0.15, 0.2) is 6.04 Å². The molecule has 1 heterocycles. The molecule has 1 saturated heterocycles. The van der Waals surface area contributed by atoms with Crippen molar-refractivity contribution in [3.05, 3.63) is 0 Å². The van der Waals surface area contributed by atoms with Crippen LogP contribution < -0.4 is 5.32 Å². The van der Waals surface area contributed by atoms with Crippen LogP contribution in [0.15, 0.2) is 0 Å². The van der Waals surface area contributed by atoms with E-state index in [1.54, 1.807) is 0 Å². The first-order valence-electron chi connectivity index (χ1n) is 6.92. The fraction of sp³-hybridized carbons (Fsp3) is 0.846. The highest BCUT2D eigenvalue weighted by Gasteiger charge is 2.33. The molecule has 0 bridgehead atoms. The van der Waals surface area contributed by atoms with E-state index in [0.29, 0.717) is 19.8 Å². The van der Waals surface area contributed by atoms with E-state index in [2.05, 4.69) is 5.32 Å². The van der Waals surface area contributed by atoms with E-state index < -0.39 is 12.0 Å². The summed E-state index contributed by atoms with van der Waals surface area (Å²) in [6.45, 7) is 7.52. The average molecular weight is 288 g/mol. The Morgan fingerprint density at radius 3 is 2.75 bits per heavy atom. The summed E-state index contributed by atoms with van der Waals surface area (Å²) < 4.78 is 10.5. The first-order valence-corrected chi connectivity index (χ1v) is 6.92. The number of carboxylic acid groups (broad SMARTS) is 1. The Hall–Kier alpha value is -1.34. The molecule has 0 saturated carbocycles. The molecule has 1 fully saturated rings. The number of urea groups is 1. The predicted molar refractivity (Wildman–Crippen MR) is 72.6 cm³/mol. The molecular formula is C13H24N2O5. The van der Waals surface area contributed by atoms with Crippen LogP contribution in [0.1, 0.15) is 20.8 Å². The third-order valence-electron chi connectivity index (χ3n) is 3.29. The zero-order chi connectivity index (χ0) is 15.1. The second kappa shape index (κ2) is 8.06. The number of carboxylic acids is 1. The minimum Gasteiger partial charge on any atom is -0.480 e. The van der Waals surface area contributed by atoms with Crippen molar-refractivity contribution in [1.82, 2.24) is 10.2 Å². The van der Waals surface area contributed by atoms with Gasteiger partial charge >= 0.3 is 12.0 Å². The Balaban J connectivity index is 2.63. The van der Waals surface area contributed by atoms with Crippen LogP contribution in [0.4, 0.5) is 4.79 Å². The third-order valence-corrected chi connectivity index (χ3v) is 3.29. The van der Waals surface area contributed by atoms with Crippen molar-refractivity contribution in [1.29, 1.82) is 0 Å². The molecule has 2 atom stereocenters. The molecule has 116 valence electrons. The molecule has 7 nitrogen and oxygen atoms in total. The maximum atomic E-state index is 12.2. The molecule has 0 radical (unpaired) electrons. The Bertz CT molecular complexity index is 335. The Morgan fingerprint density at radius 2 is 2.20 bits per heavy atom. The number of hydrogen-bond acceptors (Lipinski definition) is 4. The number of amides is 2. The summed E-state index contributed by atoms with van der Waals surface area (Å²) in [5.74, 6) is -0.847. The van der Waals surface area contributed by atoms with Crippen LogP contribution in [0.25, 0.3) is 0 Å². The molecule has 1 aliphatic rings. The quantitative estimate of drug-likeness (QED) is 0.745. The molecule has 0 aromatic rings. The number of rotatable bonds is 6. The van der Waals surface area contributed by atoms with Gasteiger partial charge in [-0.1, -0.05) is 13.8 Å². The van der Waals surface area contributed by atoms with Gasteiger partial charge in [0.25, 0.3) is 0 Å². The SMILES string of the molecule is CCOCC(NC(=O)N1CCOCC1C(=O)O)C(C)C. The lowest BCUT2D eigenvalue weighted by Crippen LogP contribution is -2.58. The molecule has 20 heavy (non-hydrogen) atoms. The summed E-state index contributed by atoms with van der Waals surface area (Å²) in [5, 5.41) is 12.0. The van der Waals surface area contributed by atoms with Gasteiger partial charge in [-0.3, -0.25) is 0 Å². The van der Waals surface area contributed by atoms with Crippen molar-refractivity contribution in [2.75, 3.05) is 33.0 Å². The third kappa shape index (κ3) is 4.64. The van der Waals surface area contributed by atoms with Gasteiger partial charge in [0, 0.05) is 13.2 Å². The molecule has 0 aromatic carbocycles. The van der Waals surface area contributed by atoms with E-state index in [4.69, 9.17) is 14.6 Å². The summed E-state index contributed by atoms with van der Waals surface area (Å²) in [7, 11) is 0. The van der Waals surface area contributed by atoms with Crippen LogP contribution >= 0.6 is 0 Å². The Kier molecular flexibility index (Phi) is 6.74. The lowest BCUT2D eigenvalue weighted by molar-refractivity contribution is -0.147. The van der Waals surface area contributed by atoms with Gasteiger partial charge < -0.3 is 24.8 Å².